The van der Waals surface area contributed by atoms with Gasteiger partial charge >= 0.3 is 0 Å². The van der Waals surface area contributed by atoms with E-state index in [1.807, 2.05) is 18.2 Å². The van der Waals surface area contributed by atoms with Gasteiger partial charge in [-0.1, -0.05) is 18.2 Å². The van der Waals surface area contributed by atoms with Crippen molar-refractivity contribution in [1.82, 2.24) is 9.80 Å². The summed E-state index contributed by atoms with van der Waals surface area (Å²) < 4.78 is 0. The molecule has 1 heterocycles. The molecule has 1 aliphatic heterocycles. The molecule has 0 aliphatic carbocycles. The number of nitrogen functional groups attached to an aromatic ring is 1. The van der Waals surface area contributed by atoms with Crippen molar-refractivity contribution in [3.63, 3.8) is 0 Å². The first-order valence-corrected chi connectivity index (χ1v) is 7.18. The van der Waals surface area contributed by atoms with Crippen molar-refractivity contribution < 1.29 is 0 Å². The molecule has 2 N–H and O–H groups in total. The second-order valence-electron chi connectivity index (χ2n) is 5.26. The normalized spacial score (nSPS) is 17.5. The molecule has 1 fully saturated rings. The Morgan fingerprint density at radius 3 is 2.42 bits per heavy atom. The smallest absolute Gasteiger partial charge is 0.0316 e. The molecule has 0 atom stereocenters. The van der Waals surface area contributed by atoms with Crippen LogP contribution in [0.1, 0.15) is 12.0 Å². The van der Waals surface area contributed by atoms with Crippen molar-refractivity contribution in [2.24, 2.45) is 0 Å². The van der Waals surface area contributed by atoms with E-state index in [0.717, 1.165) is 31.6 Å². The fourth-order valence-electron chi connectivity index (χ4n) is 2.55. The van der Waals surface area contributed by atoms with Gasteiger partial charge in [-0.3, -0.25) is 0 Å². The maximum absolute atomic E-state index is 5.80. The molecule has 2 rings (SSSR count). The first kappa shape index (κ1) is 14.1. The lowest BCUT2D eigenvalue weighted by molar-refractivity contribution is 0.135. The molecule has 0 radical (unpaired) electrons. The number of anilines is 1. The third kappa shape index (κ3) is 4.69. The summed E-state index contributed by atoms with van der Waals surface area (Å²) in [6, 6.07) is 8.23. The zero-order valence-electron chi connectivity index (χ0n) is 11.7. The lowest BCUT2D eigenvalue weighted by Gasteiger charge is -2.34. The predicted molar refractivity (Wildman–Crippen MR) is 82.3 cm³/mol. The summed E-state index contributed by atoms with van der Waals surface area (Å²) in [5.74, 6) is 0. The number of benzene rings is 1. The van der Waals surface area contributed by atoms with Crippen LogP contribution in [-0.2, 0) is 6.42 Å². The largest absolute Gasteiger partial charge is 0.399 e. The summed E-state index contributed by atoms with van der Waals surface area (Å²) in [5, 5.41) is 0. The van der Waals surface area contributed by atoms with Crippen molar-refractivity contribution in [2.75, 3.05) is 45.0 Å². The molecule has 0 saturated carbocycles. The molecule has 1 aromatic carbocycles. The number of nitrogens with zero attached hydrogens (tertiary/aromatic N) is 2. The minimum absolute atomic E-state index is 0.867. The summed E-state index contributed by atoms with van der Waals surface area (Å²) in [5.41, 5.74) is 8.01. The Kier molecular flexibility index (Phi) is 5.43. The van der Waals surface area contributed by atoms with Crippen LogP contribution in [0.2, 0.25) is 0 Å². The van der Waals surface area contributed by atoms with Crippen LogP contribution in [-0.4, -0.2) is 49.1 Å². The lowest BCUT2D eigenvalue weighted by atomic mass is 10.1. The van der Waals surface area contributed by atoms with E-state index in [9.17, 15) is 0 Å². The minimum Gasteiger partial charge on any atom is -0.399 e. The van der Waals surface area contributed by atoms with Gasteiger partial charge in [-0.2, -0.15) is 0 Å². The Balaban J connectivity index is 1.69. The van der Waals surface area contributed by atoms with Gasteiger partial charge in [0.25, 0.3) is 0 Å². The summed E-state index contributed by atoms with van der Waals surface area (Å²) in [4.78, 5) is 5.08. The highest BCUT2D eigenvalue weighted by Gasteiger charge is 2.15. The summed E-state index contributed by atoms with van der Waals surface area (Å²) in [6.07, 6.45) is 4.20. The number of rotatable bonds is 6. The first-order valence-electron chi connectivity index (χ1n) is 7.18. The predicted octanol–water partition coefficient (Wildman–Crippen LogP) is 2.00. The first-order chi connectivity index (χ1) is 9.28. The quantitative estimate of drug-likeness (QED) is 0.626. The van der Waals surface area contributed by atoms with Crippen molar-refractivity contribution in [2.45, 2.75) is 12.8 Å². The Morgan fingerprint density at radius 1 is 1.11 bits per heavy atom. The highest BCUT2D eigenvalue weighted by atomic mass is 15.3. The standard InChI is InChI=1S/C16H25N3/c1-2-3-8-18-10-12-19(13-11-18)9-7-15-5-4-6-16(17)14-15/h2,4-6,14H,1,3,7-13,17H2. The molecule has 1 saturated heterocycles. The average Bonchev–Trinajstić information content (AvgIpc) is 2.44. The van der Waals surface area contributed by atoms with Crippen molar-refractivity contribution in [1.29, 1.82) is 0 Å². The van der Waals surface area contributed by atoms with E-state index in [1.165, 1.54) is 31.7 Å². The van der Waals surface area contributed by atoms with Gasteiger partial charge in [-0.05, 0) is 30.5 Å². The highest BCUT2D eigenvalue weighted by Crippen LogP contribution is 2.09. The SMILES string of the molecule is C=CCCN1CCN(CCc2cccc(N)c2)CC1. The van der Waals surface area contributed by atoms with Gasteiger partial charge in [0.2, 0.25) is 0 Å². The zero-order chi connectivity index (χ0) is 13.5. The number of hydrogen-bond donors (Lipinski definition) is 1. The average molecular weight is 259 g/mol. The molecule has 0 amide bonds. The lowest BCUT2D eigenvalue weighted by Crippen LogP contribution is -2.47. The van der Waals surface area contributed by atoms with Crippen LogP contribution < -0.4 is 5.73 Å². The monoisotopic (exact) mass is 259 g/mol. The number of nitrogens with two attached hydrogens (primary N) is 1. The van der Waals surface area contributed by atoms with Gasteiger partial charge in [0.1, 0.15) is 0 Å². The van der Waals surface area contributed by atoms with Gasteiger partial charge in [-0.25, -0.2) is 0 Å². The van der Waals surface area contributed by atoms with Crippen LogP contribution >= 0.6 is 0 Å². The van der Waals surface area contributed by atoms with Crippen molar-refractivity contribution >= 4 is 5.69 Å². The van der Waals surface area contributed by atoms with Crippen LogP contribution in [0.25, 0.3) is 0 Å². The molecule has 19 heavy (non-hydrogen) atoms. The van der Waals surface area contributed by atoms with Gasteiger partial charge in [0.15, 0.2) is 0 Å². The summed E-state index contributed by atoms with van der Waals surface area (Å²) in [6.45, 7) is 10.8. The molecule has 3 heteroatoms. The minimum atomic E-state index is 0.867. The van der Waals surface area contributed by atoms with Gasteiger partial charge in [0.05, 0.1) is 0 Å². The Bertz CT molecular complexity index is 395. The fourth-order valence-corrected chi connectivity index (χ4v) is 2.55. The third-order valence-corrected chi connectivity index (χ3v) is 3.78. The van der Waals surface area contributed by atoms with E-state index in [4.69, 9.17) is 5.73 Å². The zero-order valence-corrected chi connectivity index (χ0v) is 11.7. The van der Waals surface area contributed by atoms with Crippen LogP contribution in [0, 0.1) is 0 Å². The van der Waals surface area contributed by atoms with Crippen LogP contribution in [0.5, 0.6) is 0 Å². The maximum Gasteiger partial charge on any atom is 0.0316 e. The molecular formula is C16H25N3. The topological polar surface area (TPSA) is 32.5 Å². The van der Waals surface area contributed by atoms with Crippen LogP contribution in [0.15, 0.2) is 36.9 Å². The van der Waals surface area contributed by atoms with Gasteiger partial charge < -0.3 is 15.5 Å². The molecule has 1 aromatic rings. The van der Waals surface area contributed by atoms with E-state index in [-0.39, 0.29) is 0 Å². The number of hydrogen-bond acceptors (Lipinski definition) is 3. The number of piperazine rings is 1. The molecule has 0 spiro atoms. The summed E-state index contributed by atoms with van der Waals surface area (Å²) in [7, 11) is 0. The molecule has 3 nitrogen and oxygen atoms in total. The van der Waals surface area contributed by atoms with Crippen LogP contribution in [0.4, 0.5) is 5.69 Å². The Morgan fingerprint density at radius 2 is 1.79 bits per heavy atom. The molecule has 104 valence electrons. The van der Waals surface area contributed by atoms with Crippen molar-refractivity contribution in [3.05, 3.63) is 42.5 Å². The van der Waals surface area contributed by atoms with Gasteiger partial charge in [0, 0.05) is 45.0 Å². The molecule has 0 aromatic heterocycles. The fraction of sp³-hybridized carbons (Fsp3) is 0.500. The molecular weight excluding hydrogens is 234 g/mol. The third-order valence-electron chi connectivity index (χ3n) is 3.78. The molecule has 0 unspecified atom stereocenters. The molecule has 0 bridgehead atoms. The van der Waals surface area contributed by atoms with Gasteiger partial charge in [-0.15, -0.1) is 6.58 Å². The van der Waals surface area contributed by atoms with E-state index < -0.39 is 0 Å². The van der Waals surface area contributed by atoms with Crippen LogP contribution in [0.3, 0.4) is 0 Å². The second-order valence-corrected chi connectivity index (χ2v) is 5.26. The summed E-state index contributed by atoms with van der Waals surface area (Å²) >= 11 is 0. The second kappa shape index (κ2) is 7.31. The van der Waals surface area contributed by atoms with Crippen molar-refractivity contribution in [3.8, 4) is 0 Å². The van der Waals surface area contributed by atoms with E-state index in [2.05, 4.69) is 28.5 Å². The maximum atomic E-state index is 5.80. The van der Waals surface area contributed by atoms with E-state index >= 15 is 0 Å². The van der Waals surface area contributed by atoms with E-state index in [1.54, 1.807) is 0 Å². The highest BCUT2D eigenvalue weighted by molar-refractivity contribution is 5.40. The Labute approximate surface area is 116 Å². The Hall–Kier alpha value is -1.32. The molecule has 1 aliphatic rings. The van der Waals surface area contributed by atoms with E-state index in [0.29, 0.717) is 0 Å².